The minimum atomic E-state index is -4.31. The number of likely N-dealkylation sites (tertiary alicyclic amines) is 1. The number of hydrogen-bond donors (Lipinski definition) is 1. The number of aromatic nitrogens is 1. The lowest BCUT2D eigenvalue weighted by Crippen LogP contribution is -2.53. The van der Waals surface area contributed by atoms with Gasteiger partial charge in [-0.3, -0.25) is 9.59 Å². The number of sulfonamides is 1. The van der Waals surface area contributed by atoms with E-state index in [1.165, 1.54) is 34.4 Å². The maximum absolute atomic E-state index is 13.9. The largest absolute Gasteiger partial charge is 0.618 e. The fraction of sp³-hybridized carbons (Fsp3) is 0.286. The van der Waals surface area contributed by atoms with Crippen molar-refractivity contribution >= 4 is 50.1 Å². The van der Waals surface area contributed by atoms with Gasteiger partial charge in [0.25, 0.3) is 5.95 Å². The highest BCUT2D eigenvalue weighted by Gasteiger charge is 2.55. The van der Waals surface area contributed by atoms with E-state index in [9.17, 15) is 28.0 Å². The maximum Gasteiger partial charge on any atom is 0.415 e. The molecular weight excluding hydrogens is 584 g/mol. The van der Waals surface area contributed by atoms with Crippen molar-refractivity contribution < 1.29 is 36.7 Å². The second-order valence-electron chi connectivity index (χ2n) is 10.1. The van der Waals surface area contributed by atoms with E-state index in [1.807, 2.05) is 29.6 Å². The first-order valence-electron chi connectivity index (χ1n) is 13.2. The number of carbonyl (C=O) groups is 3. The van der Waals surface area contributed by atoms with Crippen molar-refractivity contribution in [2.75, 3.05) is 13.1 Å². The van der Waals surface area contributed by atoms with Gasteiger partial charge >= 0.3 is 21.1 Å². The lowest BCUT2D eigenvalue weighted by molar-refractivity contribution is -0.646. The zero-order valence-electron chi connectivity index (χ0n) is 22.3. The van der Waals surface area contributed by atoms with Crippen LogP contribution in [0.1, 0.15) is 16.9 Å². The summed E-state index contributed by atoms with van der Waals surface area (Å²) in [7, 11) is -4.31. The van der Waals surface area contributed by atoms with Crippen LogP contribution in [0.3, 0.4) is 0 Å². The normalized spacial score (nSPS) is 19.6. The highest BCUT2D eigenvalue weighted by atomic mass is 32.2. The monoisotopic (exact) mass is 610 g/mol. The number of ketones is 1. The number of pyridine rings is 1. The molecule has 2 amide bonds. The molecule has 0 radical (unpaired) electrons. The zero-order valence-corrected chi connectivity index (χ0v) is 24.0. The van der Waals surface area contributed by atoms with Crippen LogP contribution in [0.15, 0.2) is 75.6 Å². The average molecular weight is 611 g/mol. The van der Waals surface area contributed by atoms with Gasteiger partial charge in [-0.25, -0.2) is 13.2 Å². The predicted octanol–water partition coefficient (Wildman–Crippen LogP) is 2.38. The first-order chi connectivity index (χ1) is 20.1. The van der Waals surface area contributed by atoms with Gasteiger partial charge in [-0.2, -0.15) is 9.04 Å². The number of rotatable bonds is 7. The Kier molecular flexibility index (Phi) is 7.20. The zero-order chi connectivity index (χ0) is 29.6. The molecule has 3 unspecified atom stereocenters. The molecule has 2 aliphatic rings. The van der Waals surface area contributed by atoms with Crippen LogP contribution in [0.2, 0.25) is 0 Å². The Labute approximate surface area is 244 Å². The standard InChI is InChI=1S/C28H26N4O8S2/c1-17-19-8-2-3-9-23(19)39-27(17)40-28(35)29-20(15-18-7-6-14-41-18)26(34)30-13-11-21-25(30)22(33)16-32(21)42(37,38)24-10-4-5-12-31(24)36/h2-10,12,14,20-21,25H,11,13,15-16H2,1H3,(H,29,35). The van der Waals surface area contributed by atoms with E-state index < -0.39 is 57.5 Å². The fourth-order valence-electron chi connectivity index (χ4n) is 5.61. The van der Waals surface area contributed by atoms with E-state index >= 15 is 0 Å². The third kappa shape index (κ3) is 4.91. The number of carbonyl (C=O) groups excluding carboxylic acids is 3. The molecular formula is C28H26N4O8S2. The summed E-state index contributed by atoms with van der Waals surface area (Å²) in [6.07, 6.45) is 0.490. The Balaban J connectivity index is 1.23. The van der Waals surface area contributed by atoms with Gasteiger partial charge < -0.3 is 24.6 Å². The summed E-state index contributed by atoms with van der Waals surface area (Å²) >= 11 is 1.40. The van der Waals surface area contributed by atoms with E-state index in [2.05, 4.69) is 5.32 Å². The van der Waals surface area contributed by atoms with Crippen molar-refractivity contribution in [2.45, 2.75) is 42.9 Å². The number of thiophene rings is 1. The molecule has 0 saturated carbocycles. The molecule has 1 N–H and O–H groups in total. The van der Waals surface area contributed by atoms with Crippen molar-refractivity contribution in [3.05, 3.63) is 81.8 Å². The van der Waals surface area contributed by atoms with Gasteiger partial charge in [0.1, 0.15) is 17.7 Å². The molecule has 42 heavy (non-hydrogen) atoms. The third-order valence-electron chi connectivity index (χ3n) is 7.58. The first-order valence-corrected chi connectivity index (χ1v) is 15.5. The van der Waals surface area contributed by atoms with E-state index in [4.69, 9.17) is 9.15 Å². The van der Waals surface area contributed by atoms with Gasteiger partial charge in [0, 0.05) is 40.9 Å². The van der Waals surface area contributed by atoms with Crippen molar-refractivity contribution in [1.82, 2.24) is 14.5 Å². The van der Waals surface area contributed by atoms with Gasteiger partial charge in [-0.1, -0.05) is 24.3 Å². The van der Waals surface area contributed by atoms with Crippen LogP contribution in [0.5, 0.6) is 5.95 Å². The molecule has 1 aromatic carbocycles. The number of Topliss-reactive ketones (excluding diaryl/α,β-unsaturated/α-hetero) is 1. The summed E-state index contributed by atoms with van der Waals surface area (Å²) < 4.78 is 39.0. The summed E-state index contributed by atoms with van der Waals surface area (Å²) in [6.45, 7) is 1.38. The lowest BCUT2D eigenvalue weighted by Gasteiger charge is -2.27. The molecule has 0 bridgehead atoms. The van der Waals surface area contributed by atoms with E-state index in [0.717, 1.165) is 20.8 Å². The number of nitrogens with one attached hydrogen (secondary N) is 1. The second-order valence-corrected chi connectivity index (χ2v) is 13.0. The summed E-state index contributed by atoms with van der Waals surface area (Å²) in [6, 6.07) is 11.9. The summed E-state index contributed by atoms with van der Waals surface area (Å²) in [5, 5.41) is 17.0. The van der Waals surface area contributed by atoms with E-state index in [1.54, 1.807) is 19.1 Å². The molecule has 6 rings (SSSR count). The minimum Gasteiger partial charge on any atom is -0.618 e. The predicted molar refractivity (Wildman–Crippen MR) is 150 cm³/mol. The van der Waals surface area contributed by atoms with Crippen molar-refractivity contribution in [2.24, 2.45) is 0 Å². The SMILES string of the molecule is Cc1c(OC(=O)NC(Cc2cccs2)C(=O)N2CCC3C2C(=O)CN3S(=O)(=O)c2cccc[n+]2[O-])oc2ccccc12. The van der Waals surface area contributed by atoms with Gasteiger partial charge in [-0.05, 0) is 36.9 Å². The van der Waals surface area contributed by atoms with Crippen LogP contribution >= 0.6 is 11.3 Å². The Hall–Kier alpha value is -4.27. The number of benzene rings is 1. The Morgan fingerprint density at radius 1 is 1.19 bits per heavy atom. The Morgan fingerprint density at radius 3 is 2.71 bits per heavy atom. The van der Waals surface area contributed by atoms with Crippen molar-refractivity contribution in [3.63, 3.8) is 0 Å². The molecule has 14 heteroatoms. The maximum atomic E-state index is 13.9. The number of nitrogens with zero attached hydrogens (tertiary/aromatic N) is 3. The van der Waals surface area contributed by atoms with Crippen LogP contribution in [0.4, 0.5) is 4.79 Å². The molecule has 2 aliphatic heterocycles. The number of para-hydroxylation sites is 1. The number of ether oxygens (including phenoxy) is 1. The quantitative estimate of drug-likeness (QED) is 0.247. The average Bonchev–Trinajstić information content (AvgIpc) is 3.75. The molecule has 4 aromatic rings. The van der Waals surface area contributed by atoms with Gasteiger partial charge in [0.05, 0.1) is 12.6 Å². The number of fused-ring (bicyclic) bond motifs is 2. The number of amides is 2. The first kappa shape index (κ1) is 27.9. The topological polar surface area (TPSA) is 153 Å². The second kappa shape index (κ2) is 10.9. The molecule has 3 aromatic heterocycles. The van der Waals surface area contributed by atoms with Gasteiger partial charge in [0.15, 0.2) is 12.0 Å². The van der Waals surface area contributed by atoms with Crippen molar-refractivity contribution in [3.8, 4) is 5.95 Å². The molecule has 0 aliphatic carbocycles. The van der Waals surface area contributed by atoms with Crippen LogP contribution in [0, 0.1) is 12.1 Å². The molecule has 218 valence electrons. The number of aryl methyl sites for hydroxylation is 1. The molecule has 3 atom stereocenters. The Morgan fingerprint density at radius 2 is 1.98 bits per heavy atom. The highest BCUT2D eigenvalue weighted by molar-refractivity contribution is 7.89. The van der Waals surface area contributed by atoms with Crippen LogP contribution in [0.25, 0.3) is 11.0 Å². The molecule has 5 heterocycles. The van der Waals surface area contributed by atoms with E-state index in [-0.39, 0.29) is 30.1 Å². The smallest absolute Gasteiger partial charge is 0.415 e. The van der Waals surface area contributed by atoms with Gasteiger partial charge in [-0.15, -0.1) is 11.3 Å². The van der Waals surface area contributed by atoms with Crippen LogP contribution in [-0.2, 0) is 26.0 Å². The molecule has 12 nitrogen and oxygen atoms in total. The summed E-state index contributed by atoms with van der Waals surface area (Å²) in [5.74, 6) is -1.00. The highest BCUT2D eigenvalue weighted by Crippen LogP contribution is 2.34. The number of furan rings is 1. The van der Waals surface area contributed by atoms with Crippen molar-refractivity contribution in [1.29, 1.82) is 0 Å². The molecule has 0 spiro atoms. The van der Waals surface area contributed by atoms with E-state index in [0.29, 0.717) is 11.1 Å². The summed E-state index contributed by atoms with van der Waals surface area (Å²) in [4.78, 5) is 42.2. The Bertz CT molecular complexity index is 1790. The molecule has 2 fully saturated rings. The van der Waals surface area contributed by atoms with Crippen LogP contribution < -0.4 is 14.8 Å². The summed E-state index contributed by atoms with van der Waals surface area (Å²) in [5.41, 5.74) is 1.17. The fourth-order valence-corrected chi connectivity index (χ4v) is 8.01. The third-order valence-corrected chi connectivity index (χ3v) is 10.3. The van der Waals surface area contributed by atoms with Crippen LogP contribution in [-0.4, -0.2) is 66.6 Å². The minimum absolute atomic E-state index is 0.000558. The van der Waals surface area contributed by atoms with Gasteiger partial charge in [0.2, 0.25) is 5.91 Å². The lowest BCUT2D eigenvalue weighted by atomic mass is 10.1. The molecule has 2 saturated heterocycles. The number of hydrogen-bond acceptors (Lipinski definition) is 9.